The largest absolute Gasteiger partial charge is 0.388 e. The number of aromatic nitrogens is 3. The minimum Gasteiger partial charge on any atom is -0.388 e. The Bertz CT molecular complexity index is 1530. The second kappa shape index (κ2) is 13.0. The van der Waals surface area contributed by atoms with Gasteiger partial charge in [0.1, 0.15) is 30.5 Å². The lowest BCUT2D eigenvalue weighted by Crippen LogP contribution is -2.58. The number of allylic oxidation sites excluding steroid dienone is 1. The van der Waals surface area contributed by atoms with Crippen molar-refractivity contribution in [3.63, 3.8) is 0 Å². The standard InChI is InChI=1S/C27H34N6O7S/c1-4-32(5-2)21-9-8-18-10-17(6-7-19(18)12-21)11-22(13-28)41(37,38)29-14-20-15-33(31-30-20)16-23-24(34)25(35)26(36)27(39-3)40-23/h6-12,15,23-27,29,34-36H,4-5,14,16H2,1-3H3/b22-11+/t23-,24-,25+,26-,27+/m1/s1. The smallest absolute Gasteiger partial charge is 0.251 e. The summed E-state index contributed by atoms with van der Waals surface area (Å²) in [6, 6.07) is 13.3. The van der Waals surface area contributed by atoms with Crippen molar-refractivity contribution >= 4 is 32.6 Å². The topological polar surface area (TPSA) is 183 Å². The van der Waals surface area contributed by atoms with Crippen LogP contribution in [-0.4, -0.2) is 89.6 Å². The molecule has 0 aliphatic carbocycles. The molecule has 2 heterocycles. The number of hydrogen-bond donors (Lipinski definition) is 4. The molecule has 1 aromatic heterocycles. The second-order valence-corrected chi connectivity index (χ2v) is 11.3. The van der Waals surface area contributed by atoms with Crippen LogP contribution in [0.4, 0.5) is 5.69 Å². The van der Waals surface area contributed by atoms with Gasteiger partial charge >= 0.3 is 0 Å². The van der Waals surface area contributed by atoms with Crippen LogP contribution in [0, 0.1) is 11.3 Å². The molecule has 14 heteroatoms. The maximum absolute atomic E-state index is 12.9. The Morgan fingerprint density at radius 1 is 1.15 bits per heavy atom. The molecule has 1 aliphatic rings. The maximum atomic E-state index is 12.9. The Morgan fingerprint density at radius 2 is 1.85 bits per heavy atom. The molecule has 1 saturated heterocycles. The van der Waals surface area contributed by atoms with Gasteiger partial charge in [0, 0.05) is 32.1 Å². The first-order valence-electron chi connectivity index (χ1n) is 13.1. The van der Waals surface area contributed by atoms with Crippen LogP contribution in [0.5, 0.6) is 0 Å². The molecule has 0 unspecified atom stereocenters. The predicted molar refractivity (Wildman–Crippen MR) is 151 cm³/mol. The summed E-state index contributed by atoms with van der Waals surface area (Å²) in [7, 11) is -2.88. The monoisotopic (exact) mass is 586 g/mol. The Morgan fingerprint density at radius 3 is 2.54 bits per heavy atom. The van der Waals surface area contributed by atoms with Crippen molar-refractivity contribution in [2.75, 3.05) is 25.1 Å². The van der Waals surface area contributed by atoms with Gasteiger partial charge in [-0.25, -0.2) is 17.8 Å². The van der Waals surface area contributed by atoms with Crippen molar-refractivity contribution in [2.24, 2.45) is 0 Å². The minimum absolute atomic E-state index is 0.0493. The average Bonchev–Trinajstić information content (AvgIpc) is 3.43. The summed E-state index contributed by atoms with van der Waals surface area (Å²) in [4.78, 5) is 1.78. The molecule has 13 nitrogen and oxygen atoms in total. The van der Waals surface area contributed by atoms with Gasteiger partial charge in [0.05, 0.1) is 18.8 Å². The summed E-state index contributed by atoms with van der Waals surface area (Å²) in [5.74, 6) is 0. The van der Waals surface area contributed by atoms with E-state index < -0.39 is 45.6 Å². The summed E-state index contributed by atoms with van der Waals surface area (Å²) in [5.41, 5.74) is 1.91. The van der Waals surface area contributed by atoms with Crippen LogP contribution < -0.4 is 9.62 Å². The number of nitrogens with zero attached hydrogens (tertiary/aromatic N) is 5. The molecule has 5 atom stereocenters. The van der Waals surface area contributed by atoms with Gasteiger partial charge < -0.3 is 29.7 Å². The fourth-order valence-corrected chi connectivity index (χ4v) is 5.56. The zero-order valence-electron chi connectivity index (χ0n) is 23.0. The van der Waals surface area contributed by atoms with E-state index in [0.29, 0.717) is 5.56 Å². The van der Waals surface area contributed by atoms with E-state index in [0.717, 1.165) is 29.5 Å². The molecule has 2 aromatic carbocycles. The van der Waals surface area contributed by atoms with Gasteiger partial charge in [-0.05, 0) is 54.5 Å². The van der Waals surface area contributed by atoms with Crippen molar-refractivity contribution < 1.29 is 33.2 Å². The minimum atomic E-state index is -4.17. The number of fused-ring (bicyclic) bond motifs is 1. The normalized spacial score (nSPS) is 23.4. The number of sulfonamides is 1. The van der Waals surface area contributed by atoms with E-state index in [1.165, 1.54) is 24.1 Å². The summed E-state index contributed by atoms with van der Waals surface area (Å²) in [5, 5.41) is 49.5. The molecule has 1 aliphatic heterocycles. The Labute approximate surface area is 238 Å². The zero-order valence-corrected chi connectivity index (χ0v) is 23.8. The van der Waals surface area contributed by atoms with Crippen LogP contribution in [0.2, 0.25) is 0 Å². The van der Waals surface area contributed by atoms with E-state index in [-0.39, 0.29) is 18.8 Å². The van der Waals surface area contributed by atoms with Crippen LogP contribution in [0.25, 0.3) is 16.8 Å². The number of benzene rings is 2. The number of aliphatic hydroxyl groups is 3. The molecule has 220 valence electrons. The van der Waals surface area contributed by atoms with Gasteiger partial charge in [-0.15, -0.1) is 5.10 Å². The van der Waals surface area contributed by atoms with E-state index in [1.807, 2.05) is 24.3 Å². The number of rotatable bonds is 11. The highest BCUT2D eigenvalue weighted by Gasteiger charge is 2.44. The van der Waals surface area contributed by atoms with E-state index in [4.69, 9.17) is 9.47 Å². The molecule has 4 N–H and O–H groups in total. The highest BCUT2D eigenvalue weighted by Crippen LogP contribution is 2.25. The molecule has 41 heavy (non-hydrogen) atoms. The number of anilines is 1. The average molecular weight is 587 g/mol. The SMILES string of the molecule is CCN(CC)c1ccc2cc(/C=C(\C#N)S(=O)(=O)NCc3cn(C[C@H]4O[C@H](OC)[C@H](O)[C@@H](O)[C@@H]4O)nn3)ccc2c1. The molecule has 0 bridgehead atoms. The highest BCUT2D eigenvalue weighted by molar-refractivity contribution is 7.93. The van der Waals surface area contributed by atoms with Crippen molar-refractivity contribution in [1.82, 2.24) is 19.7 Å². The summed E-state index contributed by atoms with van der Waals surface area (Å²) < 4.78 is 40.0. The first kappa shape index (κ1) is 30.5. The molecule has 3 aromatic rings. The molecule has 0 spiro atoms. The molecular formula is C27H34N6O7S. The van der Waals surface area contributed by atoms with E-state index in [2.05, 4.69) is 39.8 Å². The van der Waals surface area contributed by atoms with Crippen LogP contribution in [0.1, 0.15) is 25.1 Å². The maximum Gasteiger partial charge on any atom is 0.251 e. The van der Waals surface area contributed by atoms with Gasteiger partial charge in [-0.2, -0.15) is 5.26 Å². The van der Waals surface area contributed by atoms with Crippen molar-refractivity contribution in [2.45, 2.75) is 57.6 Å². The lowest BCUT2D eigenvalue weighted by Gasteiger charge is -2.39. The lowest BCUT2D eigenvalue weighted by molar-refractivity contribution is -0.292. The van der Waals surface area contributed by atoms with Crippen LogP contribution in [-0.2, 0) is 32.6 Å². The number of ether oxygens (including phenoxy) is 2. The van der Waals surface area contributed by atoms with E-state index in [1.54, 1.807) is 12.1 Å². The third-order valence-electron chi connectivity index (χ3n) is 6.97. The molecule has 4 rings (SSSR count). The quantitative estimate of drug-likeness (QED) is 0.232. The Balaban J connectivity index is 1.43. The van der Waals surface area contributed by atoms with Gasteiger partial charge in [0.2, 0.25) is 0 Å². The first-order valence-corrected chi connectivity index (χ1v) is 14.6. The van der Waals surface area contributed by atoms with Crippen LogP contribution in [0.3, 0.4) is 0 Å². The fraction of sp³-hybridized carbons (Fsp3) is 0.444. The van der Waals surface area contributed by atoms with E-state index in [9.17, 15) is 29.0 Å². The number of nitriles is 1. The van der Waals surface area contributed by atoms with E-state index >= 15 is 0 Å². The Hall–Kier alpha value is -3.42. The van der Waals surface area contributed by atoms with Crippen molar-refractivity contribution in [3.8, 4) is 6.07 Å². The first-order chi connectivity index (χ1) is 19.6. The van der Waals surface area contributed by atoms with Crippen molar-refractivity contribution in [1.29, 1.82) is 5.26 Å². The molecule has 0 radical (unpaired) electrons. The van der Waals surface area contributed by atoms with Gasteiger partial charge in [0.25, 0.3) is 10.0 Å². The number of hydrogen-bond acceptors (Lipinski definition) is 11. The summed E-state index contributed by atoms with van der Waals surface area (Å²) in [6.07, 6.45) is -3.69. The number of methoxy groups -OCH3 is 1. The third-order valence-corrected chi connectivity index (χ3v) is 8.28. The van der Waals surface area contributed by atoms with Crippen LogP contribution >= 0.6 is 0 Å². The second-order valence-electron chi connectivity index (χ2n) is 9.59. The number of nitrogens with one attached hydrogen (secondary N) is 1. The van der Waals surface area contributed by atoms with Gasteiger partial charge in [0.15, 0.2) is 11.2 Å². The summed E-state index contributed by atoms with van der Waals surface area (Å²) >= 11 is 0. The highest BCUT2D eigenvalue weighted by atomic mass is 32.2. The molecule has 1 fully saturated rings. The summed E-state index contributed by atoms with van der Waals surface area (Å²) in [6.45, 7) is 5.66. The predicted octanol–water partition coefficient (Wildman–Crippen LogP) is 0.716. The van der Waals surface area contributed by atoms with Gasteiger partial charge in [-0.3, -0.25) is 0 Å². The fourth-order valence-electron chi connectivity index (χ4n) is 4.65. The third kappa shape index (κ3) is 6.91. The van der Waals surface area contributed by atoms with Crippen molar-refractivity contribution in [3.05, 3.63) is 58.8 Å². The molecular weight excluding hydrogens is 552 g/mol. The molecule has 0 saturated carbocycles. The Kier molecular flexibility index (Phi) is 9.72. The zero-order chi connectivity index (χ0) is 29.7. The van der Waals surface area contributed by atoms with Crippen LogP contribution in [0.15, 0.2) is 47.5 Å². The van der Waals surface area contributed by atoms with Gasteiger partial charge in [-0.1, -0.05) is 23.4 Å². The number of aliphatic hydroxyl groups excluding tert-OH is 3. The lowest BCUT2D eigenvalue weighted by atomic mass is 9.99. The molecule has 0 amide bonds.